The second-order valence-corrected chi connectivity index (χ2v) is 6.96. The number of hydrogen-bond acceptors (Lipinski definition) is 3. The van der Waals surface area contributed by atoms with Crippen LogP contribution in [0.1, 0.15) is 27.2 Å². The predicted molar refractivity (Wildman–Crippen MR) is 113 cm³/mol. The molecule has 4 heteroatoms. The fourth-order valence-corrected chi connectivity index (χ4v) is 3.44. The van der Waals surface area contributed by atoms with Crippen molar-refractivity contribution in [2.45, 2.75) is 13.8 Å². The van der Waals surface area contributed by atoms with Crippen LogP contribution in [0.2, 0.25) is 0 Å². The number of ketones is 1. The molecule has 3 aromatic carbocycles. The Labute approximate surface area is 164 Å². The summed E-state index contributed by atoms with van der Waals surface area (Å²) in [6.45, 7) is 4.07. The maximum absolute atomic E-state index is 13.3. The summed E-state index contributed by atoms with van der Waals surface area (Å²) in [5.74, 6) is -0.0587. The summed E-state index contributed by atoms with van der Waals surface area (Å²) in [7, 11) is 1.91. The average molecular weight is 367 g/mol. The lowest BCUT2D eigenvalue weighted by Gasteiger charge is -2.04. The highest BCUT2D eigenvalue weighted by molar-refractivity contribution is 6.16. The van der Waals surface area contributed by atoms with E-state index in [9.17, 15) is 4.79 Å². The molecule has 0 saturated heterocycles. The van der Waals surface area contributed by atoms with E-state index in [4.69, 9.17) is 0 Å². The van der Waals surface area contributed by atoms with Crippen molar-refractivity contribution >= 4 is 28.1 Å². The summed E-state index contributed by atoms with van der Waals surface area (Å²) in [6, 6.07) is 23.2. The number of fused-ring (bicyclic) bond motifs is 1. The molecule has 0 aliphatic heterocycles. The van der Waals surface area contributed by atoms with Gasteiger partial charge in [-0.1, -0.05) is 60.2 Å². The van der Waals surface area contributed by atoms with Gasteiger partial charge in [0.2, 0.25) is 5.78 Å². The average Bonchev–Trinajstić information content (AvgIpc) is 3.01. The van der Waals surface area contributed by atoms with Gasteiger partial charge in [-0.2, -0.15) is 5.11 Å². The molecule has 0 bridgehead atoms. The van der Waals surface area contributed by atoms with Crippen molar-refractivity contribution in [3.8, 4) is 0 Å². The molecule has 28 heavy (non-hydrogen) atoms. The highest BCUT2D eigenvalue weighted by Crippen LogP contribution is 2.37. The van der Waals surface area contributed by atoms with E-state index in [1.807, 2.05) is 98.3 Å². The van der Waals surface area contributed by atoms with Gasteiger partial charge in [0.25, 0.3) is 0 Å². The summed E-state index contributed by atoms with van der Waals surface area (Å²) in [5.41, 5.74) is 5.76. The van der Waals surface area contributed by atoms with Crippen molar-refractivity contribution in [1.82, 2.24) is 4.57 Å². The molecule has 0 aliphatic carbocycles. The van der Waals surface area contributed by atoms with Gasteiger partial charge in [-0.25, -0.2) is 0 Å². The summed E-state index contributed by atoms with van der Waals surface area (Å²) >= 11 is 0. The molecule has 0 spiro atoms. The van der Waals surface area contributed by atoms with Gasteiger partial charge in [-0.3, -0.25) is 4.79 Å². The Bertz CT molecular complexity index is 1190. The first-order valence-electron chi connectivity index (χ1n) is 9.22. The molecular weight excluding hydrogens is 346 g/mol. The highest BCUT2D eigenvalue weighted by atomic mass is 16.1. The largest absolute Gasteiger partial charge is 0.339 e. The summed E-state index contributed by atoms with van der Waals surface area (Å²) in [4.78, 5) is 13.3. The molecule has 4 aromatic rings. The minimum atomic E-state index is -0.0587. The minimum Gasteiger partial charge on any atom is -0.339 e. The smallest absolute Gasteiger partial charge is 0.211 e. The lowest BCUT2D eigenvalue weighted by Crippen LogP contribution is -2.07. The van der Waals surface area contributed by atoms with Gasteiger partial charge in [0.1, 0.15) is 11.4 Å². The maximum Gasteiger partial charge on any atom is 0.211 e. The fourth-order valence-electron chi connectivity index (χ4n) is 3.44. The SMILES string of the molecule is Cc1ccc(/N=N/c2c(C(=O)c3ccccc3)n(C)c3cccc(C)c23)cc1. The number of aryl methyl sites for hydroxylation is 3. The lowest BCUT2D eigenvalue weighted by molar-refractivity contribution is 0.103. The number of carbonyl (C=O) groups excluding carboxylic acids is 1. The second-order valence-electron chi connectivity index (χ2n) is 6.96. The molecule has 138 valence electrons. The maximum atomic E-state index is 13.3. The van der Waals surface area contributed by atoms with Crippen LogP contribution in [0.25, 0.3) is 10.9 Å². The molecule has 0 aliphatic rings. The van der Waals surface area contributed by atoms with E-state index < -0.39 is 0 Å². The molecule has 4 nitrogen and oxygen atoms in total. The van der Waals surface area contributed by atoms with Gasteiger partial charge in [-0.05, 0) is 37.6 Å². The van der Waals surface area contributed by atoms with E-state index in [1.54, 1.807) is 0 Å². The highest BCUT2D eigenvalue weighted by Gasteiger charge is 2.23. The Hall–Kier alpha value is -3.53. The molecular formula is C24H21N3O. The third kappa shape index (κ3) is 3.14. The summed E-state index contributed by atoms with van der Waals surface area (Å²) < 4.78 is 1.92. The lowest BCUT2D eigenvalue weighted by atomic mass is 10.1. The first-order valence-corrected chi connectivity index (χ1v) is 9.22. The van der Waals surface area contributed by atoms with E-state index in [0.29, 0.717) is 16.9 Å². The fraction of sp³-hybridized carbons (Fsp3) is 0.125. The summed E-state index contributed by atoms with van der Waals surface area (Å²) in [6.07, 6.45) is 0. The number of azo groups is 1. The number of carbonyl (C=O) groups is 1. The van der Waals surface area contributed by atoms with Crippen LogP contribution in [0.4, 0.5) is 11.4 Å². The number of hydrogen-bond donors (Lipinski definition) is 0. The van der Waals surface area contributed by atoms with Gasteiger partial charge >= 0.3 is 0 Å². The Morgan fingerprint density at radius 3 is 2.25 bits per heavy atom. The number of benzene rings is 3. The van der Waals surface area contributed by atoms with Crippen LogP contribution in [0.5, 0.6) is 0 Å². The van der Waals surface area contributed by atoms with Gasteiger partial charge in [0.15, 0.2) is 0 Å². The zero-order chi connectivity index (χ0) is 19.7. The molecule has 0 saturated carbocycles. The van der Waals surface area contributed by atoms with Crippen molar-refractivity contribution in [2.24, 2.45) is 17.3 Å². The zero-order valence-electron chi connectivity index (χ0n) is 16.2. The standard InChI is InChI=1S/C24H21N3O/c1-16-12-14-19(15-13-16)25-26-22-21-17(2)8-7-11-20(21)27(3)23(22)24(28)18-9-5-4-6-10-18/h4-15H,1-3H3/b26-25+. The third-order valence-electron chi connectivity index (χ3n) is 4.96. The molecule has 0 atom stereocenters. The molecule has 0 unspecified atom stereocenters. The van der Waals surface area contributed by atoms with Crippen molar-refractivity contribution < 1.29 is 4.79 Å². The van der Waals surface area contributed by atoms with E-state index in [-0.39, 0.29) is 5.78 Å². The van der Waals surface area contributed by atoms with Gasteiger partial charge in [0.05, 0.1) is 11.2 Å². The predicted octanol–water partition coefficient (Wildman–Crippen LogP) is 6.44. The van der Waals surface area contributed by atoms with Gasteiger partial charge in [0, 0.05) is 18.0 Å². The van der Waals surface area contributed by atoms with Crippen molar-refractivity contribution in [2.75, 3.05) is 0 Å². The number of aromatic nitrogens is 1. The van der Waals surface area contributed by atoms with Gasteiger partial charge < -0.3 is 4.57 Å². The summed E-state index contributed by atoms with van der Waals surface area (Å²) in [5, 5.41) is 9.92. The number of nitrogens with zero attached hydrogens (tertiary/aromatic N) is 3. The van der Waals surface area contributed by atoms with Crippen LogP contribution in [0.3, 0.4) is 0 Å². The first-order chi connectivity index (χ1) is 13.6. The minimum absolute atomic E-state index is 0.0587. The van der Waals surface area contributed by atoms with Crippen LogP contribution in [-0.2, 0) is 7.05 Å². The van der Waals surface area contributed by atoms with Gasteiger partial charge in [-0.15, -0.1) is 5.11 Å². The molecule has 0 amide bonds. The second kappa shape index (κ2) is 7.24. The Kier molecular flexibility index (Phi) is 4.62. The third-order valence-corrected chi connectivity index (χ3v) is 4.96. The quantitative estimate of drug-likeness (QED) is 0.302. The Balaban J connectivity index is 1.92. The Morgan fingerprint density at radius 1 is 0.821 bits per heavy atom. The van der Waals surface area contributed by atoms with E-state index in [1.165, 1.54) is 5.56 Å². The van der Waals surface area contributed by atoms with Crippen LogP contribution in [0.15, 0.2) is 83.0 Å². The van der Waals surface area contributed by atoms with Crippen molar-refractivity contribution in [1.29, 1.82) is 0 Å². The number of rotatable bonds is 4. The molecule has 1 aromatic heterocycles. The monoisotopic (exact) mass is 367 g/mol. The molecule has 0 radical (unpaired) electrons. The van der Waals surface area contributed by atoms with Crippen LogP contribution < -0.4 is 0 Å². The molecule has 4 rings (SSSR count). The normalized spacial score (nSPS) is 11.4. The molecule has 0 fully saturated rings. The van der Waals surface area contributed by atoms with Crippen molar-refractivity contribution in [3.05, 3.63) is 95.2 Å². The first kappa shape index (κ1) is 17.9. The van der Waals surface area contributed by atoms with Crippen LogP contribution in [-0.4, -0.2) is 10.4 Å². The Morgan fingerprint density at radius 2 is 1.54 bits per heavy atom. The van der Waals surface area contributed by atoms with Crippen LogP contribution in [0, 0.1) is 13.8 Å². The van der Waals surface area contributed by atoms with Crippen LogP contribution >= 0.6 is 0 Å². The topological polar surface area (TPSA) is 46.7 Å². The van der Waals surface area contributed by atoms with E-state index >= 15 is 0 Å². The zero-order valence-corrected chi connectivity index (χ0v) is 16.2. The molecule has 1 heterocycles. The van der Waals surface area contributed by atoms with Crippen molar-refractivity contribution in [3.63, 3.8) is 0 Å². The molecule has 0 N–H and O–H groups in total. The van der Waals surface area contributed by atoms with E-state index in [0.717, 1.165) is 22.2 Å². The van der Waals surface area contributed by atoms with E-state index in [2.05, 4.69) is 10.2 Å².